The molecule has 2 aromatic carbocycles. The molecule has 27 heavy (non-hydrogen) atoms. The van der Waals surface area contributed by atoms with Crippen LogP contribution in [0.2, 0.25) is 0 Å². The predicted molar refractivity (Wildman–Crippen MR) is 111 cm³/mol. The van der Waals surface area contributed by atoms with E-state index in [1.54, 1.807) is 0 Å². The molecule has 4 heteroatoms. The Morgan fingerprint density at radius 1 is 1.00 bits per heavy atom. The lowest BCUT2D eigenvalue weighted by atomic mass is 10.1. The molecule has 1 fully saturated rings. The minimum Gasteiger partial charge on any atom is -0.351 e. The molecule has 0 bridgehead atoms. The Morgan fingerprint density at radius 2 is 1.78 bits per heavy atom. The van der Waals surface area contributed by atoms with Crippen molar-refractivity contribution in [1.29, 1.82) is 0 Å². The highest BCUT2D eigenvalue weighted by Crippen LogP contribution is 2.18. The molecule has 3 aromatic rings. The van der Waals surface area contributed by atoms with Crippen LogP contribution in [0.3, 0.4) is 0 Å². The molecule has 1 aliphatic rings. The van der Waals surface area contributed by atoms with E-state index in [9.17, 15) is 4.79 Å². The summed E-state index contributed by atoms with van der Waals surface area (Å²) in [7, 11) is 2.01. The molecular formula is C23H25N3O. The first kappa shape index (κ1) is 17.6. The maximum atomic E-state index is 12.9. The summed E-state index contributed by atoms with van der Waals surface area (Å²) < 4.78 is 2.06. The zero-order chi connectivity index (χ0) is 18.6. The molecule has 4 nitrogen and oxygen atoms in total. The summed E-state index contributed by atoms with van der Waals surface area (Å²) in [6.45, 7) is 4.31. The average molecular weight is 359 g/mol. The second-order valence-electron chi connectivity index (χ2n) is 7.11. The minimum absolute atomic E-state index is 0.137. The summed E-state index contributed by atoms with van der Waals surface area (Å²) in [5, 5.41) is 1.17. The largest absolute Gasteiger partial charge is 0.351 e. The van der Waals surface area contributed by atoms with Gasteiger partial charge in [-0.3, -0.25) is 9.69 Å². The maximum Gasteiger partial charge on any atom is 0.254 e. The Labute approximate surface area is 160 Å². The van der Waals surface area contributed by atoms with Crippen molar-refractivity contribution in [3.8, 4) is 0 Å². The molecule has 0 saturated carbocycles. The van der Waals surface area contributed by atoms with E-state index in [2.05, 4.69) is 52.0 Å². The minimum atomic E-state index is 0.137. The van der Waals surface area contributed by atoms with Gasteiger partial charge in [-0.2, -0.15) is 0 Å². The second-order valence-corrected chi connectivity index (χ2v) is 7.11. The van der Waals surface area contributed by atoms with Crippen molar-refractivity contribution in [2.75, 3.05) is 32.7 Å². The Balaban J connectivity index is 1.33. The summed E-state index contributed by atoms with van der Waals surface area (Å²) in [6, 6.07) is 18.4. The van der Waals surface area contributed by atoms with Gasteiger partial charge < -0.3 is 9.47 Å². The molecule has 0 aliphatic carbocycles. The van der Waals surface area contributed by atoms with Crippen LogP contribution in [0.5, 0.6) is 0 Å². The first-order valence-corrected chi connectivity index (χ1v) is 9.49. The Kier molecular flexibility index (Phi) is 5.07. The van der Waals surface area contributed by atoms with E-state index in [1.807, 2.05) is 42.4 Å². The highest BCUT2D eigenvalue weighted by atomic mass is 16.2. The van der Waals surface area contributed by atoms with Crippen molar-refractivity contribution < 1.29 is 4.79 Å². The number of carbonyl (C=O) groups is 1. The van der Waals surface area contributed by atoms with Crippen molar-refractivity contribution in [3.63, 3.8) is 0 Å². The first-order chi connectivity index (χ1) is 13.2. The molecule has 1 amide bonds. The average Bonchev–Trinajstić information content (AvgIpc) is 3.09. The molecule has 138 valence electrons. The van der Waals surface area contributed by atoms with Gasteiger partial charge in [0.25, 0.3) is 5.91 Å². The van der Waals surface area contributed by atoms with Crippen LogP contribution in [0.25, 0.3) is 17.0 Å². The van der Waals surface area contributed by atoms with Crippen molar-refractivity contribution >= 4 is 22.9 Å². The smallest absolute Gasteiger partial charge is 0.254 e. The van der Waals surface area contributed by atoms with E-state index in [-0.39, 0.29) is 5.91 Å². The maximum absolute atomic E-state index is 12.9. The summed E-state index contributed by atoms with van der Waals surface area (Å²) in [5.74, 6) is 0.137. The molecule has 0 N–H and O–H groups in total. The molecule has 0 atom stereocenters. The van der Waals surface area contributed by atoms with Crippen LogP contribution < -0.4 is 0 Å². The quantitative estimate of drug-likeness (QED) is 0.711. The standard InChI is InChI=1S/C23H25N3O/c1-24-13-11-20-9-10-21(18-22(20)24)23(27)26-16-14-25(15-17-26)12-5-8-19-6-3-2-4-7-19/h2-11,13,18H,12,14-17H2,1H3. The van der Waals surface area contributed by atoms with E-state index < -0.39 is 0 Å². The second kappa shape index (κ2) is 7.80. The molecule has 0 unspecified atom stereocenters. The van der Waals surface area contributed by atoms with Crippen LogP contribution in [-0.4, -0.2) is 53.0 Å². The van der Waals surface area contributed by atoms with Gasteiger partial charge in [-0.15, -0.1) is 0 Å². The predicted octanol–water partition coefficient (Wildman–Crippen LogP) is 3.65. The summed E-state index contributed by atoms with van der Waals surface area (Å²) >= 11 is 0. The van der Waals surface area contributed by atoms with Gasteiger partial charge in [0.2, 0.25) is 0 Å². The fraction of sp³-hybridized carbons (Fsp3) is 0.261. The van der Waals surface area contributed by atoms with Gasteiger partial charge in [-0.1, -0.05) is 48.6 Å². The van der Waals surface area contributed by atoms with Crippen LogP contribution in [0.1, 0.15) is 15.9 Å². The number of aryl methyl sites for hydroxylation is 1. The number of amides is 1. The number of hydrogen-bond donors (Lipinski definition) is 0. The van der Waals surface area contributed by atoms with Gasteiger partial charge in [0, 0.05) is 57.0 Å². The van der Waals surface area contributed by atoms with E-state index in [0.717, 1.165) is 43.8 Å². The van der Waals surface area contributed by atoms with Crippen molar-refractivity contribution in [2.24, 2.45) is 7.05 Å². The lowest BCUT2D eigenvalue weighted by Gasteiger charge is -2.34. The zero-order valence-corrected chi connectivity index (χ0v) is 15.7. The summed E-state index contributed by atoms with van der Waals surface area (Å²) in [5.41, 5.74) is 3.11. The fourth-order valence-electron chi connectivity index (χ4n) is 3.61. The van der Waals surface area contributed by atoms with Gasteiger partial charge >= 0.3 is 0 Å². The van der Waals surface area contributed by atoms with Crippen molar-refractivity contribution in [1.82, 2.24) is 14.4 Å². The summed E-state index contributed by atoms with van der Waals surface area (Å²) in [6.07, 6.45) is 6.39. The monoisotopic (exact) mass is 359 g/mol. The zero-order valence-electron chi connectivity index (χ0n) is 15.7. The van der Waals surface area contributed by atoms with Crippen LogP contribution in [-0.2, 0) is 7.05 Å². The third-order valence-electron chi connectivity index (χ3n) is 5.27. The van der Waals surface area contributed by atoms with E-state index >= 15 is 0 Å². The van der Waals surface area contributed by atoms with E-state index in [0.29, 0.717) is 0 Å². The topological polar surface area (TPSA) is 28.5 Å². The fourth-order valence-corrected chi connectivity index (χ4v) is 3.61. The molecule has 1 aromatic heterocycles. The van der Waals surface area contributed by atoms with Crippen LogP contribution in [0, 0.1) is 0 Å². The molecular weight excluding hydrogens is 334 g/mol. The third kappa shape index (κ3) is 3.96. The Bertz CT molecular complexity index is 950. The lowest BCUT2D eigenvalue weighted by molar-refractivity contribution is 0.0650. The number of rotatable bonds is 4. The first-order valence-electron chi connectivity index (χ1n) is 9.49. The molecule has 1 saturated heterocycles. The molecule has 0 radical (unpaired) electrons. The number of carbonyl (C=O) groups excluding carboxylic acids is 1. The number of piperazine rings is 1. The number of hydrogen-bond acceptors (Lipinski definition) is 2. The highest BCUT2D eigenvalue weighted by molar-refractivity contribution is 5.98. The Hall–Kier alpha value is -2.85. The van der Waals surface area contributed by atoms with Crippen molar-refractivity contribution in [2.45, 2.75) is 0 Å². The number of fused-ring (bicyclic) bond motifs is 1. The molecule has 4 rings (SSSR count). The molecule has 0 spiro atoms. The molecule has 2 heterocycles. The Morgan fingerprint density at radius 3 is 2.56 bits per heavy atom. The number of nitrogens with zero attached hydrogens (tertiary/aromatic N) is 3. The van der Waals surface area contributed by atoms with Crippen LogP contribution >= 0.6 is 0 Å². The van der Waals surface area contributed by atoms with Gasteiger partial charge in [-0.25, -0.2) is 0 Å². The van der Waals surface area contributed by atoms with Gasteiger partial charge in [0.15, 0.2) is 0 Å². The third-order valence-corrected chi connectivity index (χ3v) is 5.27. The highest BCUT2D eigenvalue weighted by Gasteiger charge is 2.21. The lowest BCUT2D eigenvalue weighted by Crippen LogP contribution is -2.48. The van der Waals surface area contributed by atoms with Gasteiger partial charge in [0.05, 0.1) is 0 Å². The summed E-state index contributed by atoms with van der Waals surface area (Å²) in [4.78, 5) is 17.2. The van der Waals surface area contributed by atoms with E-state index in [4.69, 9.17) is 0 Å². The van der Waals surface area contributed by atoms with Crippen LogP contribution in [0.15, 0.2) is 66.9 Å². The van der Waals surface area contributed by atoms with Gasteiger partial charge in [-0.05, 0) is 29.1 Å². The number of aromatic nitrogens is 1. The normalized spacial score (nSPS) is 15.7. The van der Waals surface area contributed by atoms with Gasteiger partial charge in [0.1, 0.15) is 0 Å². The SMILES string of the molecule is Cn1ccc2ccc(C(=O)N3CCN(CC=Cc4ccccc4)CC3)cc21. The van der Waals surface area contributed by atoms with Crippen molar-refractivity contribution in [3.05, 3.63) is 78.0 Å². The van der Waals surface area contributed by atoms with E-state index in [1.165, 1.54) is 10.9 Å². The molecule has 1 aliphatic heterocycles. The van der Waals surface area contributed by atoms with Crippen LogP contribution in [0.4, 0.5) is 0 Å². The number of benzene rings is 2.